The minimum atomic E-state index is -0.431. The summed E-state index contributed by atoms with van der Waals surface area (Å²) in [6, 6.07) is 0. The van der Waals surface area contributed by atoms with Gasteiger partial charge in [-0.25, -0.2) is 0 Å². The molecule has 0 unspecified atom stereocenters. The molecule has 0 bridgehead atoms. The molecule has 1 heterocycles. The maximum atomic E-state index is 11.1. The van der Waals surface area contributed by atoms with Crippen molar-refractivity contribution in [2.24, 2.45) is 29.6 Å². The number of hydrogen-bond donors (Lipinski definition) is 4. The van der Waals surface area contributed by atoms with Gasteiger partial charge in [-0.05, 0) is 26.4 Å². The van der Waals surface area contributed by atoms with Crippen molar-refractivity contribution < 1.29 is 38.7 Å². The second-order valence-electron chi connectivity index (χ2n) is 13.0. The Kier molecular flexibility index (Phi) is 34.3. The van der Waals surface area contributed by atoms with Gasteiger partial charge in [0.25, 0.3) is 0 Å². The van der Waals surface area contributed by atoms with E-state index in [-0.39, 0.29) is 54.5 Å². The number of nitrogens with one attached hydrogen (secondary N) is 3. The summed E-state index contributed by atoms with van der Waals surface area (Å²) in [5.74, 6) is 0.500. The first-order valence-electron chi connectivity index (χ1n) is 17.0. The Labute approximate surface area is 297 Å². The van der Waals surface area contributed by atoms with E-state index in [0.717, 1.165) is 31.9 Å². The highest BCUT2D eigenvalue weighted by atomic mass is 16.7. The number of hydrogen-bond acceptors (Lipinski definition) is 10. The number of nitrogens with zero attached hydrogens (tertiary/aromatic N) is 3. The summed E-state index contributed by atoms with van der Waals surface area (Å²) in [7, 11) is 8.74. The summed E-state index contributed by atoms with van der Waals surface area (Å²) in [6.45, 7) is 26.7. The van der Waals surface area contributed by atoms with E-state index in [4.69, 9.17) is 9.94 Å². The third-order valence-electron chi connectivity index (χ3n) is 6.48. The predicted molar refractivity (Wildman–Crippen MR) is 196 cm³/mol. The van der Waals surface area contributed by atoms with Gasteiger partial charge in [-0.15, -0.1) is 0 Å². The van der Waals surface area contributed by atoms with Gasteiger partial charge >= 0.3 is 5.97 Å². The van der Waals surface area contributed by atoms with Crippen LogP contribution in [0, 0.1) is 29.6 Å². The summed E-state index contributed by atoms with van der Waals surface area (Å²) >= 11 is 0. The summed E-state index contributed by atoms with van der Waals surface area (Å²) < 4.78 is 4.33. The molecule has 49 heavy (non-hydrogen) atoms. The second-order valence-corrected chi connectivity index (χ2v) is 13.0. The smallest absolute Gasteiger partial charge is 0.325 e. The molecule has 0 spiro atoms. The average Bonchev–Trinajstić information content (AvgIpc) is 3.01. The van der Waals surface area contributed by atoms with Crippen LogP contribution in [-0.4, -0.2) is 131 Å². The van der Waals surface area contributed by atoms with Gasteiger partial charge in [-0.1, -0.05) is 75.8 Å². The first-order chi connectivity index (χ1) is 22.6. The highest BCUT2D eigenvalue weighted by Crippen LogP contribution is 2.10. The third-order valence-corrected chi connectivity index (χ3v) is 6.48. The highest BCUT2D eigenvalue weighted by molar-refractivity contribution is 5.83. The van der Waals surface area contributed by atoms with Crippen LogP contribution in [0.5, 0.6) is 0 Å². The van der Waals surface area contributed by atoms with Gasteiger partial charge in [0.15, 0.2) is 0 Å². The first-order valence-corrected chi connectivity index (χ1v) is 17.0. The molecule has 1 fully saturated rings. The zero-order valence-electron chi connectivity index (χ0n) is 33.4. The Balaban J connectivity index is -0.000000259. The SMILES string of the molecule is C=C(C(C)C)N(C)OC.CC(C)C(=O)N1CCC1.CC(C)C(=O)NCCN(C)C.CC(C)C(=O)NCCO.COC(=O)CNC(=O)C(C)C. The molecule has 1 aliphatic heterocycles. The van der Waals surface area contributed by atoms with Crippen molar-refractivity contribution >= 4 is 29.6 Å². The van der Waals surface area contributed by atoms with Crippen LogP contribution in [0.4, 0.5) is 0 Å². The van der Waals surface area contributed by atoms with Gasteiger partial charge in [0.1, 0.15) is 6.54 Å². The lowest BCUT2D eigenvalue weighted by atomic mass is 10.1. The lowest BCUT2D eigenvalue weighted by Gasteiger charge is -2.32. The molecule has 4 amide bonds. The summed E-state index contributed by atoms with van der Waals surface area (Å²) in [6.07, 6.45) is 1.19. The van der Waals surface area contributed by atoms with Crippen molar-refractivity contribution in [1.82, 2.24) is 30.8 Å². The van der Waals surface area contributed by atoms with Crippen molar-refractivity contribution in [2.45, 2.75) is 75.7 Å². The number of aliphatic hydroxyl groups is 1. The Morgan fingerprint density at radius 3 is 1.39 bits per heavy atom. The fourth-order valence-electron chi connectivity index (χ4n) is 2.81. The zero-order valence-corrected chi connectivity index (χ0v) is 33.4. The number of hydroxylamine groups is 2. The van der Waals surface area contributed by atoms with E-state index < -0.39 is 5.97 Å². The Bertz CT molecular complexity index is 899. The maximum Gasteiger partial charge on any atom is 0.325 e. The van der Waals surface area contributed by atoms with Crippen LogP contribution in [0.3, 0.4) is 0 Å². The Hall–Kier alpha value is -3.23. The van der Waals surface area contributed by atoms with Gasteiger partial charge in [0, 0.05) is 69.1 Å². The number of methoxy groups -OCH3 is 1. The molecule has 290 valence electrons. The van der Waals surface area contributed by atoms with Crippen molar-refractivity contribution in [3.05, 3.63) is 12.3 Å². The Morgan fingerprint density at radius 2 is 1.14 bits per heavy atom. The lowest BCUT2D eigenvalue weighted by molar-refractivity contribution is -0.141. The molecule has 0 radical (unpaired) electrons. The quantitative estimate of drug-likeness (QED) is 0.156. The van der Waals surface area contributed by atoms with Crippen LogP contribution in [-0.2, 0) is 33.5 Å². The van der Waals surface area contributed by atoms with Crippen LogP contribution in [0.15, 0.2) is 12.3 Å². The van der Waals surface area contributed by atoms with E-state index in [1.165, 1.54) is 13.5 Å². The minimum Gasteiger partial charge on any atom is -0.468 e. The van der Waals surface area contributed by atoms with Crippen LogP contribution >= 0.6 is 0 Å². The van der Waals surface area contributed by atoms with Crippen molar-refractivity contribution in [3.63, 3.8) is 0 Å². The number of carbonyl (C=O) groups excluding carboxylic acids is 5. The molecule has 1 aliphatic rings. The number of esters is 1. The van der Waals surface area contributed by atoms with Crippen molar-refractivity contribution in [3.8, 4) is 0 Å². The first kappa shape index (κ1) is 52.6. The van der Waals surface area contributed by atoms with Crippen LogP contribution in [0.1, 0.15) is 75.7 Å². The van der Waals surface area contributed by atoms with E-state index in [1.807, 2.05) is 72.5 Å². The topological polar surface area (TPSA) is 170 Å². The predicted octanol–water partition coefficient (Wildman–Crippen LogP) is 2.53. The van der Waals surface area contributed by atoms with Gasteiger partial charge in [0.05, 0.1) is 20.8 Å². The summed E-state index contributed by atoms with van der Waals surface area (Å²) in [5, 5.41) is 17.7. The molecule has 0 atom stereocenters. The number of aliphatic hydroxyl groups excluding tert-OH is 1. The number of likely N-dealkylation sites (N-methyl/N-ethyl adjacent to an activating group) is 1. The number of allylic oxidation sites excluding steroid dienone is 1. The van der Waals surface area contributed by atoms with Crippen molar-refractivity contribution in [1.29, 1.82) is 0 Å². The number of carbonyl (C=O) groups is 5. The fraction of sp³-hybridized carbons (Fsp3) is 0.800. The van der Waals surface area contributed by atoms with Gasteiger partial charge in [-0.2, -0.15) is 0 Å². The molecule has 1 rings (SSSR count). The molecular weight excluding hydrogens is 632 g/mol. The molecule has 0 aromatic heterocycles. The molecule has 4 N–H and O–H groups in total. The molecule has 0 aromatic rings. The average molecular weight is 705 g/mol. The second kappa shape index (κ2) is 32.0. The fourth-order valence-corrected chi connectivity index (χ4v) is 2.81. The maximum absolute atomic E-state index is 11.1. The number of ether oxygens (including phenoxy) is 1. The van der Waals surface area contributed by atoms with Crippen LogP contribution < -0.4 is 16.0 Å². The summed E-state index contributed by atoms with van der Waals surface area (Å²) in [4.78, 5) is 62.9. The van der Waals surface area contributed by atoms with Gasteiger partial charge in [0.2, 0.25) is 23.6 Å². The minimum absolute atomic E-state index is 0.0101. The van der Waals surface area contributed by atoms with E-state index in [1.54, 1.807) is 26.0 Å². The highest BCUT2D eigenvalue weighted by Gasteiger charge is 2.21. The molecule has 14 nitrogen and oxygen atoms in total. The van der Waals surface area contributed by atoms with Crippen LogP contribution in [0.25, 0.3) is 0 Å². The standard InChI is InChI=1S/C8H18N2O.C7H13NO3.C7H13NO.C7H15NO.C6H13NO2/c1-7(2)8(11)9-5-6-10(3)4;1-5(2)7(10)8-4-6(9)11-3;1-6(2)7(9)8-4-3-5-8;1-6(2)7(3)8(4)9-5;1-5(2)6(9)7-3-4-8/h7H,5-6H2,1-4H3,(H,9,11);5H,4H2,1-3H3,(H,8,10);6H,3-5H2,1-2H3;6H,3H2,1-2,4-5H3;5,8H,3-4H2,1-2H3,(H,7,9). The van der Waals surface area contributed by atoms with E-state index in [0.29, 0.717) is 18.4 Å². The normalized spacial score (nSPS) is 11.4. The molecule has 14 heteroatoms. The van der Waals surface area contributed by atoms with Crippen molar-refractivity contribution in [2.75, 3.05) is 81.2 Å². The Morgan fingerprint density at radius 1 is 0.714 bits per heavy atom. The summed E-state index contributed by atoms with van der Waals surface area (Å²) in [5.41, 5.74) is 0.998. The van der Waals surface area contributed by atoms with Crippen LogP contribution in [0.2, 0.25) is 0 Å². The molecule has 1 saturated heterocycles. The zero-order chi connectivity index (χ0) is 39.3. The number of rotatable bonds is 14. The van der Waals surface area contributed by atoms with E-state index >= 15 is 0 Å². The number of amides is 4. The van der Waals surface area contributed by atoms with Gasteiger partial charge in [-0.3, -0.25) is 33.9 Å². The monoisotopic (exact) mass is 705 g/mol. The molecule has 0 saturated carbocycles. The molecular formula is C35H72N6O8. The largest absolute Gasteiger partial charge is 0.468 e. The molecule has 0 aromatic carbocycles. The third kappa shape index (κ3) is 33.1. The van der Waals surface area contributed by atoms with E-state index in [9.17, 15) is 24.0 Å². The van der Waals surface area contributed by atoms with E-state index in [2.05, 4.69) is 41.1 Å². The number of likely N-dealkylation sites (tertiary alicyclic amines) is 1. The lowest BCUT2D eigenvalue weighted by Crippen LogP contribution is -2.44. The molecule has 0 aliphatic carbocycles. The van der Waals surface area contributed by atoms with Gasteiger partial charge < -0.3 is 35.6 Å².